The predicted octanol–water partition coefficient (Wildman–Crippen LogP) is 1.20. The molecule has 3 rings (SSSR count). The summed E-state index contributed by atoms with van der Waals surface area (Å²) in [5.41, 5.74) is 6.12. The minimum Gasteiger partial charge on any atom is -0.358 e. The second-order valence-corrected chi connectivity index (χ2v) is 5.90. The molecular weight excluding hydrogens is 327 g/mol. The number of carbonyl (C=O) groups is 1. The minimum atomic E-state index is -0.840. The molecule has 2 heterocycles. The van der Waals surface area contributed by atoms with Gasteiger partial charge in [0.2, 0.25) is 5.91 Å². The van der Waals surface area contributed by atoms with Gasteiger partial charge in [-0.15, -0.1) is 0 Å². The number of halogens is 1. The lowest BCUT2D eigenvalue weighted by Crippen LogP contribution is -2.38. The first kappa shape index (κ1) is 17.2. The number of carbonyl (C=O) groups excluding carboxylic acids is 1. The van der Waals surface area contributed by atoms with Gasteiger partial charge in [-0.1, -0.05) is 12.1 Å². The highest BCUT2D eigenvalue weighted by Crippen LogP contribution is 2.20. The van der Waals surface area contributed by atoms with Crippen molar-refractivity contribution in [3.8, 4) is 0 Å². The molecule has 1 aromatic heterocycles. The Kier molecular flexibility index (Phi) is 5.20. The van der Waals surface area contributed by atoms with Gasteiger partial charge in [0.25, 0.3) is 0 Å². The van der Waals surface area contributed by atoms with Gasteiger partial charge in [-0.25, -0.2) is 9.18 Å². The Hall–Kier alpha value is -2.58. The van der Waals surface area contributed by atoms with Gasteiger partial charge in [0, 0.05) is 12.8 Å². The molecule has 0 spiro atoms. The largest absolute Gasteiger partial charge is 0.358 e. The molecule has 132 valence electrons. The Morgan fingerprint density at radius 1 is 1.40 bits per heavy atom. The minimum absolute atomic E-state index is 0.138. The Bertz CT molecular complexity index is 800. The summed E-state index contributed by atoms with van der Waals surface area (Å²) in [6, 6.07) is 6.46. The molecule has 1 aliphatic rings. The van der Waals surface area contributed by atoms with E-state index in [0.717, 1.165) is 18.4 Å². The number of ether oxygens (including phenoxy) is 1. The fraction of sp³-hybridized carbons (Fsp3) is 0.353. The van der Waals surface area contributed by atoms with E-state index >= 15 is 0 Å². The second-order valence-electron chi connectivity index (χ2n) is 5.90. The molecule has 1 aliphatic heterocycles. The van der Waals surface area contributed by atoms with E-state index in [1.807, 2.05) is 0 Å². The van der Waals surface area contributed by atoms with Crippen LogP contribution in [0.25, 0.3) is 0 Å². The van der Waals surface area contributed by atoms with Crippen LogP contribution in [0.4, 0.5) is 10.2 Å². The molecule has 0 aliphatic carbocycles. The standard InChI is InChI=1S/C17H19FN4O3/c18-12-5-3-11(4-6-12)10-13(19)16(23)20-14-7-8-22(17(24)21-14)15-2-1-9-25-15/h3-8,13,15H,1-2,9-10,19H2,(H,20,21,23,24)/t13?,15-/m0/s1. The number of nitrogens with one attached hydrogen (secondary N) is 1. The third-order valence-electron chi connectivity index (χ3n) is 4.00. The number of anilines is 1. The normalized spacial score (nSPS) is 18.1. The Morgan fingerprint density at radius 3 is 2.80 bits per heavy atom. The number of aromatic nitrogens is 2. The van der Waals surface area contributed by atoms with Crippen molar-refractivity contribution < 1.29 is 13.9 Å². The van der Waals surface area contributed by atoms with Gasteiger partial charge < -0.3 is 15.8 Å². The van der Waals surface area contributed by atoms with Gasteiger partial charge in [-0.2, -0.15) is 4.98 Å². The van der Waals surface area contributed by atoms with Crippen molar-refractivity contribution >= 4 is 11.7 Å². The highest BCUT2D eigenvalue weighted by molar-refractivity contribution is 5.93. The quantitative estimate of drug-likeness (QED) is 0.847. The number of benzene rings is 1. The van der Waals surface area contributed by atoms with Crippen molar-refractivity contribution in [1.82, 2.24) is 9.55 Å². The highest BCUT2D eigenvalue weighted by atomic mass is 19.1. The third-order valence-corrected chi connectivity index (χ3v) is 4.00. The number of nitrogens with two attached hydrogens (primary N) is 1. The fourth-order valence-electron chi connectivity index (χ4n) is 2.67. The summed E-state index contributed by atoms with van der Waals surface area (Å²) >= 11 is 0. The first-order valence-electron chi connectivity index (χ1n) is 8.04. The lowest BCUT2D eigenvalue weighted by Gasteiger charge is -2.14. The maximum Gasteiger partial charge on any atom is 0.351 e. The van der Waals surface area contributed by atoms with Crippen molar-refractivity contribution in [3.05, 3.63) is 58.4 Å². The van der Waals surface area contributed by atoms with E-state index in [4.69, 9.17) is 10.5 Å². The van der Waals surface area contributed by atoms with E-state index < -0.39 is 17.6 Å². The van der Waals surface area contributed by atoms with Gasteiger partial charge in [0.1, 0.15) is 17.9 Å². The molecular formula is C17H19FN4O3. The summed E-state index contributed by atoms with van der Waals surface area (Å²) in [4.78, 5) is 28.1. The van der Waals surface area contributed by atoms with Crippen LogP contribution in [0.3, 0.4) is 0 Å². The number of hydrogen-bond donors (Lipinski definition) is 2. The first-order chi connectivity index (χ1) is 12.0. The van der Waals surface area contributed by atoms with Gasteiger partial charge in [0.15, 0.2) is 0 Å². The molecule has 2 atom stereocenters. The van der Waals surface area contributed by atoms with Gasteiger partial charge in [0.05, 0.1) is 6.04 Å². The highest BCUT2D eigenvalue weighted by Gasteiger charge is 2.20. The zero-order valence-electron chi connectivity index (χ0n) is 13.5. The SMILES string of the molecule is NC(Cc1ccc(F)cc1)C(=O)Nc1ccn([C@@H]2CCCO2)c(=O)n1. The molecule has 25 heavy (non-hydrogen) atoms. The van der Waals surface area contributed by atoms with E-state index in [1.165, 1.54) is 22.8 Å². The molecule has 0 radical (unpaired) electrons. The van der Waals surface area contributed by atoms with Gasteiger partial charge in [-0.3, -0.25) is 9.36 Å². The van der Waals surface area contributed by atoms with E-state index in [0.29, 0.717) is 6.61 Å². The van der Waals surface area contributed by atoms with Crippen LogP contribution in [0.1, 0.15) is 24.6 Å². The van der Waals surface area contributed by atoms with Crippen LogP contribution in [-0.2, 0) is 16.0 Å². The molecule has 3 N–H and O–H groups in total. The van der Waals surface area contributed by atoms with E-state index in [9.17, 15) is 14.0 Å². The van der Waals surface area contributed by atoms with Crippen LogP contribution in [0.2, 0.25) is 0 Å². The molecule has 7 nitrogen and oxygen atoms in total. The molecule has 1 saturated heterocycles. The van der Waals surface area contributed by atoms with Crippen LogP contribution in [0.5, 0.6) is 0 Å². The number of amides is 1. The second kappa shape index (κ2) is 7.54. The van der Waals surface area contributed by atoms with Crippen molar-refractivity contribution in [2.45, 2.75) is 31.5 Å². The summed E-state index contributed by atoms with van der Waals surface area (Å²) < 4.78 is 19.7. The number of rotatable bonds is 5. The summed E-state index contributed by atoms with van der Waals surface area (Å²) in [7, 11) is 0. The Labute approximate surface area is 143 Å². The molecule has 8 heteroatoms. The maximum atomic E-state index is 12.9. The van der Waals surface area contributed by atoms with Crippen molar-refractivity contribution in [2.24, 2.45) is 5.73 Å². The third kappa shape index (κ3) is 4.28. The predicted molar refractivity (Wildman–Crippen MR) is 89.4 cm³/mol. The van der Waals surface area contributed by atoms with E-state index in [2.05, 4.69) is 10.3 Å². The van der Waals surface area contributed by atoms with Crippen molar-refractivity contribution in [2.75, 3.05) is 11.9 Å². The smallest absolute Gasteiger partial charge is 0.351 e. The van der Waals surface area contributed by atoms with E-state index in [-0.39, 0.29) is 24.3 Å². The lowest BCUT2D eigenvalue weighted by atomic mass is 10.1. The number of nitrogens with zero attached hydrogens (tertiary/aromatic N) is 2. The summed E-state index contributed by atoms with van der Waals surface area (Å²) in [5, 5.41) is 2.53. The van der Waals surface area contributed by atoms with E-state index in [1.54, 1.807) is 18.3 Å². The van der Waals surface area contributed by atoms with Crippen molar-refractivity contribution in [3.63, 3.8) is 0 Å². The molecule has 2 aromatic rings. The molecule has 1 amide bonds. The van der Waals surface area contributed by atoms with Gasteiger partial charge in [-0.05, 0) is 43.0 Å². The Morgan fingerprint density at radius 2 is 2.16 bits per heavy atom. The molecule has 1 fully saturated rings. The van der Waals surface area contributed by atoms with Crippen LogP contribution >= 0.6 is 0 Å². The maximum absolute atomic E-state index is 12.9. The molecule has 1 unspecified atom stereocenters. The molecule has 0 saturated carbocycles. The number of hydrogen-bond acceptors (Lipinski definition) is 5. The van der Waals surface area contributed by atoms with Crippen LogP contribution in [-0.4, -0.2) is 28.1 Å². The molecule has 1 aromatic carbocycles. The Balaban J connectivity index is 1.62. The topological polar surface area (TPSA) is 99.2 Å². The summed E-state index contributed by atoms with van der Waals surface area (Å²) in [6.07, 6.45) is 3.15. The van der Waals surface area contributed by atoms with Crippen LogP contribution in [0.15, 0.2) is 41.3 Å². The summed E-state index contributed by atoms with van der Waals surface area (Å²) in [6.45, 7) is 0.619. The first-order valence-corrected chi connectivity index (χ1v) is 8.04. The summed E-state index contributed by atoms with van der Waals surface area (Å²) in [5.74, 6) is -0.678. The zero-order chi connectivity index (χ0) is 17.8. The van der Waals surface area contributed by atoms with Gasteiger partial charge >= 0.3 is 5.69 Å². The van der Waals surface area contributed by atoms with Crippen molar-refractivity contribution in [1.29, 1.82) is 0 Å². The zero-order valence-corrected chi connectivity index (χ0v) is 13.5. The van der Waals surface area contributed by atoms with Crippen LogP contribution in [0, 0.1) is 5.82 Å². The lowest BCUT2D eigenvalue weighted by molar-refractivity contribution is -0.117. The average molecular weight is 346 g/mol. The fourth-order valence-corrected chi connectivity index (χ4v) is 2.67. The monoisotopic (exact) mass is 346 g/mol. The average Bonchev–Trinajstić information content (AvgIpc) is 3.11. The molecule has 0 bridgehead atoms. The van der Waals surface area contributed by atoms with Crippen LogP contribution < -0.4 is 16.7 Å².